The van der Waals surface area contributed by atoms with Crippen LogP contribution in [0.5, 0.6) is 0 Å². The third-order valence-corrected chi connectivity index (χ3v) is 3.41. The molecule has 0 aromatic rings. The molecule has 0 spiro atoms. The van der Waals surface area contributed by atoms with E-state index in [0.717, 1.165) is 0 Å². The summed E-state index contributed by atoms with van der Waals surface area (Å²) < 4.78 is 168. The van der Waals surface area contributed by atoms with Crippen LogP contribution in [-0.2, 0) is 0 Å². The molecule has 0 aromatic heterocycles. The molecule has 0 amide bonds. The lowest BCUT2D eigenvalue weighted by atomic mass is 10.2. The first-order chi connectivity index (χ1) is 10.3. The van der Waals surface area contributed by atoms with Gasteiger partial charge in [0.25, 0.3) is 0 Å². The van der Waals surface area contributed by atoms with Crippen molar-refractivity contribution < 1.29 is 61.5 Å². The zero-order chi connectivity index (χ0) is 19.6. The van der Waals surface area contributed by atoms with E-state index >= 15 is 0 Å². The van der Waals surface area contributed by atoms with Crippen LogP contribution in [0.3, 0.4) is 0 Å². The first-order valence-electron chi connectivity index (χ1n) is 5.81. The van der Waals surface area contributed by atoms with Gasteiger partial charge in [-0.2, -0.15) is 52.7 Å². The molecule has 0 heterocycles. The lowest BCUT2D eigenvalue weighted by molar-refractivity contribution is -0.277. The van der Waals surface area contributed by atoms with Crippen LogP contribution in [0.4, 0.5) is 61.5 Å². The molecule has 0 saturated heterocycles. The maximum absolute atomic E-state index is 12.0. The largest absolute Gasteiger partial charge is 0.375 e. The zero-order valence-electron chi connectivity index (χ0n) is 10.9. The van der Waals surface area contributed by atoms with Gasteiger partial charge in [0.1, 0.15) is 0 Å². The second kappa shape index (κ2) is 5.26. The summed E-state index contributed by atoms with van der Waals surface area (Å²) >= 11 is 0. The van der Waals surface area contributed by atoms with Gasteiger partial charge in [0.05, 0.1) is 12.8 Å². The van der Waals surface area contributed by atoms with Gasteiger partial charge in [-0.3, -0.25) is 0 Å². The molecule has 24 heavy (non-hydrogen) atoms. The fraction of sp³-hybridized carbons (Fsp3) is 1.00. The second-order valence-electron chi connectivity index (χ2n) is 5.15. The van der Waals surface area contributed by atoms with E-state index < -0.39 is 60.7 Å². The third-order valence-electron chi connectivity index (χ3n) is 3.41. The van der Waals surface area contributed by atoms with Gasteiger partial charge in [0, 0.05) is 0 Å². The van der Waals surface area contributed by atoms with Crippen LogP contribution in [0, 0.1) is 0 Å². The average Bonchev–Trinajstić information content (AvgIpc) is 2.53. The van der Waals surface area contributed by atoms with Crippen LogP contribution in [-0.4, -0.2) is 47.9 Å². The van der Waals surface area contributed by atoms with Crippen molar-refractivity contribution in [2.75, 3.05) is 0 Å². The Kier molecular flexibility index (Phi) is 4.61. The molecule has 14 heteroatoms. The summed E-state index contributed by atoms with van der Waals surface area (Å²) in [6, 6.07) is 0. The van der Waals surface area contributed by atoms with Crippen LogP contribution in [0.1, 0.15) is 12.8 Å². The Morgan fingerprint density at radius 1 is 0.458 bits per heavy atom. The topological polar surface area (TPSA) is 0 Å². The Hall–Kier alpha value is -0.980. The molecular formula is C10H6F14. The molecule has 0 aliphatic heterocycles. The summed E-state index contributed by atoms with van der Waals surface area (Å²) in [6.07, 6.45) is -11.2. The Bertz CT molecular complexity index is 436. The average molecular weight is 392 g/mol. The highest BCUT2D eigenvalue weighted by molar-refractivity contribution is 5.09. The van der Waals surface area contributed by atoms with Crippen LogP contribution in [0.2, 0.25) is 0 Å². The molecule has 2 aliphatic rings. The van der Waals surface area contributed by atoms with Crippen molar-refractivity contribution in [3.63, 3.8) is 0 Å². The van der Waals surface area contributed by atoms with Crippen LogP contribution in [0.25, 0.3) is 0 Å². The van der Waals surface area contributed by atoms with E-state index in [1.54, 1.807) is 0 Å². The van der Waals surface area contributed by atoms with E-state index in [2.05, 4.69) is 0 Å². The Morgan fingerprint density at radius 2 is 0.667 bits per heavy atom. The number of halogens is 14. The van der Waals surface area contributed by atoms with Gasteiger partial charge in [0.15, 0.2) is 12.3 Å². The monoisotopic (exact) mass is 392 g/mol. The molecule has 2 aliphatic carbocycles. The molecule has 2 rings (SSSR count). The molecule has 2 saturated carbocycles. The number of hydrogen-bond acceptors (Lipinski definition) is 0. The van der Waals surface area contributed by atoms with Crippen molar-refractivity contribution in [3.05, 3.63) is 0 Å². The molecule has 0 nitrogen and oxygen atoms in total. The highest BCUT2D eigenvalue weighted by Crippen LogP contribution is 2.58. The first-order valence-corrected chi connectivity index (χ1v) is 5.81. The Balaban J connectivity index is 0.000000240. The van der Waals surface area contributed by atoms with Gasteiger partial charge in [-0.05, 0) is 0 Å². The molecule has 2 atom stereocenters. The number of alkyl halides is 14. The summed E-state index contributed by atoms with van der Waals surface area (Å²) in [5.41, 5.74) is 0. The van der Waals surface area contributed by atoms with Gasteiger partial charge in [-0.25, -0.2) is 8.78 Å². The van der Waals surface area contributed by atoms with Crippen molar-refractivity contribution in [1.29, 1.82) is 0 Å². The van der Waals surface area contributed by atoms with Crippen LogP contribution >= 0.6 is 0 Å². The lowest BCUT2D eigenvalue weighted by Crippen LogP contribution is -2.48. The summed E-state index contributed by atoms with van der Waals surface area (Å²) in [6.45, 7) is 0. The minimum atomic E-state index is -5.58. The molecule has 144 valence electrons. The van der Waals surface area contributed by atoms with Gasteiger partial charge < -0.3 is 0 Å². The fourth-order valence-electron chi connectivity index (χ4n) is 1.84. The molecule has 0 radical (unpaired) electrons. The van der Waals surface area contributed by atoms with Gasteiger partial charge in [-0.15, -0.1) is 0 Å². The highest BCUT2D eigenvalue weighted by Gasteiger charge is 2.82. The van der Waals surface area contributed by atoms with Crippen molar-refractivity contribution in [2.45, 2.75) is 60.7 Å². The zero-order valence-corrected chi connectivity index (χ0v) is 10.9. The van der Waals surface area contributed by atoms with Crippen molar-refractivity contribution >= 4 is 0 Å². The Morgan fingerprint density at radius 3 is 0.708 bits per heavy atom. The molecular weight excluding hydrogens is 386 g/mol. The Labute approximate surface area is 123 Å². The second-order valence-corrected chi connectivity index (χ2v) is 5.15. The molecule has 0 N–H and O–H groups in total. The predicted octanol–water partition coefficient (Wildman–Crippen LogP) is 5.27. The van der Waals surface area contributed by atoms with Crippen molar-refractivity contribution in [2.24, 2.45) is 0 Å². The SMILES string of the molecule is F[C@@H]1CC(F)(F)C(F)(F)C1(F)F.F[C@H]1CC(F)(F)C(F)(F)C1(F)F. The number of hydrogen-bond donors (Lipinski definition) is 0. The molecule has 0 unspecified atom stereocenters. The van der Waals surface area contributed by atoms with E-state index in [1.165, 1.54) is 0 Å². The summed E-state index contributed by atoms with van der Waals surface area (Å²) in [4.78, 5) is 0. The molecule has 2 fully saturated rings. The summed E-state index contributed by atoms with van der Waals surface area (Å²) in [5.74, 6) is -31.6. The van der Waals surface area contributed by atoms with E-state index in [1.807, 2.05) is 0 Å². The predicted molar refractivity (Wildman–Crippen MR) is 48.7 cm³/mol. The van der Waals surface area contributed by atoms with Crippen molar-refractivity contribution in [3.8, 4) is 0 Å². The fourth-order valence-corrected chi connectivity index (χ4v) is 1.84. The number of rotatable bonds is 0. The smallest absolute Gasteiger partial charge is 0.240 e. The normalized spacial score (nSPS) is 36.8. The summed E-state index contributed by atoms with van der Waals surface area (Å²) in [7, 11) is 0. The van der Waals surface area contributed by atoms with E-state index in [4.69, 9.17) is 0 Å². The standard InChI is InChI=1S/2C5H3F7/c2*6-2-1-3(7,8)5(11,12)4(2,9)10/h2*2H,1H2/t2*2-/m10/s1. The maximum atomic E-state index is 12.0. The molecule has 0 aromatic carbocycles. The summed E-state index contributed by atoms with van der Waals surface area (Å²) in [5, 5.41) is 0. The van der Waals surface area contributed by atoms with Crippen LogP contribution in [0.15, 0.2) is 0 Å². The van der Waals surface area contributed by atoms with E-state index in [-0.39, 0.29) is 0 Å². The van der Waals surface area contributed by atoms with Crippen LogP contribution < -0.4 is 0 Å². The quantitative estimate of drug-likeness (QED) is 0.493. The third kappa shape index (κ3) is 2.59. The van der Waals surface area contributed by atoms with E-state index in [0.29, 0.717) is 0 Å². The van der Waals surface area contributed by atoms with Crippen molar-refractivity contribution in [1.82, 2.24) is 0 Å². The maximum Gasteiger partial charge on any atom is 0.375 e. The minimum absolute atomic E-state index is 2.13. The van der Waals surface area contributed by atoms with Gasteiger partial charge in [-0.1, -0.05) is 0 Å². The lowest BCUT2D eigenvalue weighted by Gasteiger charge is -2.22. The molecule has 0 bridgehead atoms. The minimum Gasteiger partial charge on any atom is -0.240 e. The highest BCUT2D eigenvalue weighted by atomic mass is 19.4. The van der Waals surface area contributed by atoms with Gasteiger partial charge >= 0.3 is 35.5 Å². The van der Waals surface area contributed by atoms with Gasteiger partial charge in [0.2, 0.25) is 0 Å². The first kappa shape index (κ1) is 21.1. The van der Waals surface area contributed by atoms with E-state index in [9.17, 15) is 61.5 Å².